The molecule has 0 N–H and O–H groups in total. The largest absolute Gasteiger partial charge is 0.480 e. The Morgan fingerprint density at radius 2 is 1.91 bits per heavy atom. The molecule has 5 aromatic rings. The summed E-state index contributed by atoms with van der Waals surface area (Å²) in [5, 5.41) is 0.476. The minimum Gasteiger partial charge on any atom is -0.480 e. The number of benzene rings is 1. The van der Waals surface area contributed by atoms with Gasteiger partial charge in [0.15, 0.2) is 5.58 Å². The van der Waals surface area contributed by atoms with Crippen molar-refractivity contribution in [2.24, 2.45) is 7.05 Å². The molecule has 4 heterocycles. The van der Waals surface area contributed by atoms with Crippen LogP contribution in [0.1, 0.15) is 35.7 Å². The molecule has 1 aliphatic rings. The Hall–Kier alpha value is -3.78. The van der Waals surface area contributed by atoms with Crippen LogP contribution in [0.2, 0.25) is 5.15 Å². The predicted molar refractivity (Wildman–Crippen MR) is 128 cm³/mol. The number of methoxy groups -OCH3 is 1. The van der Waals surface area contributed by atoms with E-state index in [1.807, 2.05) is 29.8 Å². The molecule has 0 aliphatic heterocycles. The number of aromatic nitrogens is 6. The van der Waals surface area contributed by atoms with E-state index in [0.29, 0.717) is 34.8 Å². The molecule has 4 aromatic heterocycles. The van der Waals surface area contributed by atoms with Gasteiger partial charge in [-0.15, -0.1) is 0 Å². The molecule has 170 valence electrons. The van der Waals surface area contributed by atoms with Crippen LogP contribution >= 0.6 is 11.6 Å². The molecule has 1 fully saturated rings. The normalized spacial score (nSPS) is 13.5. The average molecular weight is 473 g/mol. The van der Waals surface area contributed by atoms with Crippen LogP contribution in [-0.4, -0.2) is 36.6 Å². The van der Waals surface area contributed by atoms with Crippen molar-refractivity contribution in [3.63, 3.8) is 0 Å². The zero-order chi connectivity index (χ0) is 23.2. The van der Waals surface area contributed by atoms with Crippen LogP contribution in [0.4, 0.5) is 0 Å². The van der Waals surface area contributed by atoms with Crippen molar-refractivity contribution in [2.45, 2.75) is 25.2 Å². The van der Waals surface area contributed by atoms with E-state index in [9.17, 15) is 0 Å². The number of imidazole rings is 1. The van der Waals surface area contributed by atoms with E-state index in [-0.39, 0.29) is 0 Å². The third-order valence-corrected chi connectivity index (χ3v) is 6.20. The van der Waals surface area contributed by atoms with Gasteiger partial charge in [-0.25, -0.2) is 19.9 Å². The lowest BCUT2D eigenvalue weighted by atomic mass is 10.1. The lowest BCUT2D eigenvalue weighted by molar-refractivity contribution is 0.396. The van der Waals surface area contributed by atoms with Crippen molar-refractivity contribution in [3.8, 4) is 28.7 Å². The van der Waals surface area contributed by atoms with Gasteiger partial charge in [-0.1, -0.05) is 35.9 Å². The number of halogens is 1. The highest BCUT2D eigenvalue weighted by Crippen LogP contribution is 2.45. The molecule has 9 heteroatoms. The van der Waals surface area contributed by atoms with Crippen molar-refractivity contribution in [1.29, 1.82) is 0 Å². The summed E-state index contributed by atoms with van der Waals surface area (Å²) in [7, 11) is 3.52. The van der Waals surface area contributed by atoms with Crippen LogP contribution in [0, 0.1) is 0 Å². The van der Waals surface area contributed by atoms with E-state index in [0.717, 1.165) is 52.3 Å². The Morgan fingerprint density at radius 1 is 1.09 bits per heavy atom. The number of oxazole rings is 1. The first-order valence-electron chi connectivity index (χ1n) is 11.0. The van der Waals surface area contributed by atoms with E-state index in [1.54, 1.807) is 19.5 Å². The zero-order valence-corrected chi connectivity index (χ0v) is 19.5. The Balaban J connectivity index is 1.35. The molecule has 0 unspecified atom stereocenters. The molecule has 0 radical (unpaired) electrons. The maximum absolute atomic E-state index is 6.27. The summed E-state index contributed by atoms with van der Waals surface area (Å²) < 4.78 is 13.7. The number of rotatable bonds is 6. The average Bonchev–Trinajstić information content (AvgIpc) is 3.51. The molecular formula is C25H21ClN6O2. The standard InChI is InChI=1S/C25H21ClN6O2/c1-32-12-19(26)31-23(32)16-5-3-14(4-6-16)11-18-22-17(9-10-27-18)30-25(34-22)20-21(15-7-8-15)28-13-29-24(20)33-2/h3-6,9-10,12-13,15H,7-8,11H2,1-2H3. The quantitative estimate of drug-likeness (QED) is 0.335. The SMILES string of the molecule is COc1ncnc(C2CC2)c1-c1nc2ccnc(Cc3ccc(-c4nc(Cl)cn4C)cc3)c2o1. The summed E-state index contributed by atoms with van der Waals surface area (Å²) in [5.74, 6) is 2.15. The zero-order valence-electron chi connectivity index (χ0n) is 18.7. The molecule has 6 rings (SSSR count). The highest BCUT2D eigenvalue weighted by atomic mass is 35.5. The second-order valence-corrected chi connectivity index (χ2v) is 8.80. The van der Waals surface area contributed by atoms with Gasteiger partial charge < -0.3 is 13.7 Å². The van der Waals surface area contributed by atoms with Gasteiger partial charge in [0.25, 0.3) is 0 Å². The summed E-state index contributed by atoms with van der Waals surface area (Å²) in [6.45, 7) is 0. The number of pyridine rings is 1. The molecule has 0 saturated heterocycles. The molecule has 1 aromatic carbocycles. The van der Waals surface area contributed by atoms with Crippen LogP contribution in [0.5, 0.6) is 5.88 Å². The van der Waals surface area contributed by atoms with E-state index in [2.05, 4.69) is 32.1 Å². The van der Waals surface area contributed by atoms with Crippen LogP contribution in [0.15, 0.2) is 53.5 Å². The van der Waals surface area contributed by atoms with Crippen LogP contribution < -0.4 is 4.74 Å². The first-order chi connectivity index (χ1) is 16.6. The van der Waals surface area contributed by atoms with E-state index in [1.165, 1.54) is 6.33 Å². The van der Waals surface area contributed by atoms with Gasteiger partial charge in [-0.2, -0.15) is 0 Å². The molecule has 0 bridgehead atoms. The van der Waals surface area contributed by atoms with Crippen molar-refractivity contribution < 1.29 is 9.15 Å². The van der Waals surface area contributed by atoms with E-state index in [4.69, 9.17) is 25.7 Å². The van der Waals surface area contributed by atoms with Gasteiger partial charge in [-0.05, 0) is 24.5 Å². The summed E-state index contributed by atoms with van der Waals surface area (Å²) in [6.07, 6.45) is 7.88. The van der Waals surface area contributed by atoms with Crippen molar-refractivity contribution in [2.75, 3.05) is 7.11 Å². The van der Waals surface area contributed by atoms with Crippen LogP contribution in [-0.2, 0) is 13.5 Å². The second-order valence-electron chi connectivity index (χ2n) is 8.41. The fourth-order valence-corrected chi connectivity index (χ4v) is 4.43. The number of aryl methyl sites for hydroxylation is 1. The second kappa shape index (κ2) is 8.22. The maximum Gasteiger partial charge on any atom is 0.234 e. The lowest BCUT2D eigenvalue weighted by Crippen LogP contribution is -1.99. The molecule has 1 aliphatic carbocycles. The number of hydrogen-bond acceptors (Lipinski definition) is 7. The monoisotopic (exact) mass is 472 g/mol. The Kier molecular flexibility index (Phi) is 5.03. The molecule has 34 heavy (non-hydrogen) atoms. The van der Waals surface area contributed by atoms with Gasteiger partial charge in [-0.3, -0.25) is 4.98 Å². The van der Waals surface area contributed by atoms with Gasteiger partial charge in [0.05, 0.1) is 18.5 Å². The lowest BCUT2D eigenvalue weighted by Gasteiger charge is -2.08. The predicted octanol–water partition coefficient (Wildman–Crippen LogP) is 5.21. The summed E-state index contributed by atoms with van der Waals surface area (Å²) in [6, 6.07) is 10.1. The molecule has 0 amide bonds. The minimum absolute atomic E-state index is 0.395. The van der Waals surface area contributed by atoms with Crippen molar-refractivity contribution >= 4 is 22.7 Å². The number of hydrogen-bond donors (Lipinski definition) is 0. The number of nitrogens with zero attached hydrogens (tertiary/aromatic N) is 6. The Morgan fingerprint density at radius 3 is 2.62 bits per heavy atom. The maximum atomic E-state index is 6.27. The third kappa shape index (κ3) is 3.70. The topological polar surface area (TPSA) is 91.8 Å². The van der Waals surface area contributed by atoms with Crippen molar-refractivity contribution in [1.82, 2.24) is 29.5 Å². The number of fused-ring (bicyclic) bond motifs is 1. The molecule has 0 atom stereocenters. The van der Waals surface area contributed by atoms with Crippen LogP contribution in [0.3, 0.4) is 0 Å². The fraction of sp³-hybridized carbons (Fsp3) is 0.240. The van der Waals surface area contributed by atoms with Gasteiger partial charge in [0, 0.05) is 37.3 Å². The van der Waals surface area contributed by atoms with Crippen LogP contribution in [0.25, 0.3) is 33.9 Å². The van der Waals surface area contributed by atoms with Gasteiger partial charge >= 0.3 is 0 Å². The molecule has 1 saturated carbocycles. The van der Waals surface area contributed by atoms with E-state index >= 15 is 0 Å². The Labute approximate surface area is 200 Å². The first kappa shape index (κ1) is 20.8. The molecule has 8 nitrogen and oxygen atoms in total. The summed E-state index contributed by atoms with van der Waals surface area (Å²) >= 11 is 6.03. The highest BCUT2D eigenvalue weighted by Gasteiger charge is 2.32. The smallest absolute Gasteiger partial charge is 0.234 e. The fourth-order valence-electron chi connectivity index (χ4n) is 4.21. The third-order valence-electron chi connectivity index (χ3n) is 6.02. The summed E-state index contributed by atoms with van der Waals surface area (Å²) in [5.41, 5.74) is 5.96. The number of ether oxygens (including phenoxy) is 1. The molecule has 0 spiro atoms. The minimum atomic E-state index is 0.395. The highest BCUT2D eigenvalue weighted by molar-refractivity contribution is 6.29. The Bertz CT molecular complexity index is 1500. The van der Waals surface area contributed by atoms with E-state index < -0.39 is 0 Å². The van der Waals surface area contributed by atoms with Gasteiger partial charge in [0.1, 0.15) is 28.4 Å². The summed E-state index contributed by atoms with van der Waals surface area (Å²) in [4.78, 5) is 22.5. The molecular weight excluding hydrogens is 452 g/mol. The van der Waals surface area contributed by atoms with Gasteiger partial charge in [0.2, 0.25) is 11.8 Å². The first-order valence-corrected chi connectivity index (χ1v) is 11.4. The van der Waals surface area contributed by atoms with Crippen molar-refractivity contribution in [3.05, 3.63) is 71.2 Å².